The van der Waals surface area contributed by atoms with Gasteiger partial charge < -0.3 is 10.3 Å². The van der Waals surface area contributed by atoms with Crippen LogP contribution >= 0.6 is 0 Å². The zero-order chi connectivity index (χ0) is 18.2. The smallest absolute Gasteiger partial charge is 0.251 e. The summed E-state index contributed by atoms with van der Waals surface area (Å²) < 4.78 is 2.24. The van der Waals surface area contributed by atoms with E-state index in [1.165, 1.54) is 11.3 Å². The third-order valence-electron chi connectivity index (χ3n) is 4.69. The van der Waals surface area contributed by atoms with Gasteiger partial charge >= 0.3 is 0 Å². The third-order valence-corrected chi connectivity index (χ3v) is 4.69. The van der Waals surface area contributed by atoms with Crippen molar-refractivity contribution in [1.29, 1.82) is 0 Å². The van der Waals surface area contributed by atoms with Crippen molar-refractivity contribution in [3.8, 4) is 11.1 Å². The molecule has 1 amide bonds. The molecule has 0 saturated heterocycles. The number of carbonyl (C=O) groups excluding carboxylic acids is 1. The van der Waals surface area contributed by atoms with Gasteiger partial charge in [0.1, 0.15) is 0 Å². The molecule has 0 spiro atoms. The highest BCUT2D eigenvalue weighted by Crippen LogP contribution is 2.36. The van der Waals surface area contributed by atoms with E-state index in [1.54, 1.807) is 0 Å². The molecule has 3 nitrogen and oxygen atoms in total. The maximum atomic E-state index is 12.2. The van der Waals surface area contributed by atoms with Gasteiger partial charge in [-0.1, -0.05) is 52.0 Å². The first-order valence-electron chi connectivity index (χ1n) is 8.73. The normalized spacial score (nSPS) is 12.0. The van der Waals surface area contributed by atoms with Crippen molar-refractivity contribution in [2.24, 2.45) is 5.73 Å². The monoisotopic (exact) mass is 326 g/mol. The molecule has 0 saturated carbocycles. The van der Waals surface area contributed by atoms with Crippen LogP contribution in [0.2, 0.25) is 0 Å². The van der Waals surface area contributed by atoms with Crippen LogP contribution in [-0.2, 0) is 11.8 Å². The van der Waals surface area contributed by atoms with E-state index >= 15 is 0 Å². The second-order valence-corrected chi connectivity index (χ2v) is 7.79. The minimum atomic E-state index is -0.350. The summed E-state index contributed by atoms with van der Waals surface area (Å²) in [4.78, 5) is 12.2. The molecular weight excluding hydrogens is 296 g/mol. The van der Waals surface area contributed by atoms with Gasteiger partial charge in [-0.05, 0) is 43.7 Å². The zero-order valence-corrected chi connectivity index (χ0v) is 16.0. The Kier molecular flexibility index (Phi) is 4.93. The summed E-state index contributed by atoms with van der Waals surface area (Å²) in [5.74, 6) is -0.350. The zero-order valence-electron chi connectivity index (χ0n) is 16.0. The summed E-state index contributed by atoms with van der Waals surface area (Å²) in [5.41, 5.74) is 12.0. The molecule has 0 aliphatic heterocycles. The number of aromatic nitrogens is 1. The van der Waals surface area contributed by atoms with Gasteiger partial charge in [-0.25, -0.2) is 0 Å². The molecule has 2 aromatic rings. The Morgan fingerprint density at radius 3 is 2.08 bits per heavy atom. The number of rotatable bonds is 4. The molecule has 1 heterocycles. The Morgan fingerprint density at radius 1 is 1.17 bits per heavy atom. The van der Waals surface area contributed by atoms with E-state index < -0.39 is 0 Å². The summed E-state index contributed by atoms with van der Waals surface area (Å²) in [7, 11) is 0. The molecule has 24 heavy (non-hydrogen) atoms. The Bertz CT molecular complexity index is 744. The Balaban J connectivity index is 2.73. The number of amides is 1. The molecule has 130 valence electrons. The number of hydrogen-bond donors (Lipinski definition) is 1. The molecule has 2 N–H and O–H groups in total. The van der Waals surface area contributed by atoms with Crippen LogP contribution in [0.5, 0.6) is 0 Å². The number of nitrogens with two attached hydrogens (primary N) is 1. The average Bonchev–Trinajstić information content (AvgIpc) is 2.79. The Labute approximate surface area is 145 Å². The minimum Gasteiger partial charge on any atom is -0.366 e. The average molecular weight is 326 g/mol. The second-order valence-electron chi connectivity index (χ2n) is 7.79. The van der Waals surface area contributed by atoms with Crippen molar-refractivity contribution in [2.45, 2.75) is 66.3 Å². The largest absolute Gasteiger partial charge is 0.366 e. The van der Waals surface area contributed by atoms with E-state index in [-0.39, 0.29) is 11.3 Å². The maximum Gasteiger partial charge on any atom is 0.251 e. The van der Waals surface area contributed by atoms with Gasteiger partial charge in [0, 0.05) is 23.0 Å². The number of nitrogens with zero attached hydrogens (tertiary/aromatic N) is 1. The lowest BCUT2D eigenvalue weighted by molar-refractivity contribution is 0.1000. The van der Waals surface area contributed by atoms with Crippen LogP contribution in [0.25, 0.3) is 11.1 Å². The number of benzene rings is 1. The predicted molar refractivity (Wildman–Crippen MR) is 102 cm³/mol. The minimum absolute atomic E-state index is 0.110. The molecule has 0 fully saturated rings. The fraction of sp³-hybridized carbons (Fsp3) is 0.476. The molecule has 1 aromatic carbocycles. The van der Waals surface area contributed by atoms with Crippen molar-refractivity contribution in [3.05, 3.63) is 46.8 Å². The summed E-state index contributed by atoms with van der Waals surface area (Å²) >= 11 is 0. The predicted octanol–water partition coefficient (Wildman–Crippen LogP) is 5.00. The van der Waals surface area contributed by atoms with E-state index in [4.69, 9.17) is 5.73 Å². The van der Waals surface area contributed by atoms with Gasteiger partial charge in [-0.2, -0.15) is 0 Å². The molecule has 0 atom stereocenters. The van der Waals surface area contributed by atoms with Gasteiger partial charge in [-0.3, -0.25) is 4.79 Å². The summed E-state index contributed by atoms with van der Waals surface area (Å²) in [6.07, 6.45) is 0.864. The van der Waals surface area contributed by atoms with Crippen LogP contribution in [0.3, 0.4) is 0 Å². The summed E-state index contributed by atoms with van der Waals surface area (Å²) in [5, 5.41) is 0. The van der Waals surface area contributed by atoms with Crippen LogP contribution in [-0.4, -0.2) is 10.5 Å². The van der Waals surface area contributed by atoms with Crippen molar-refractivity contribution < 1.29 is 4.79 Å². The second kappa shape index (κ2) is 6.46. The lowest BCUT2D eigenvalue weighted by Gasteiger charge is -2.19. The number of carbonyl (C=O) groups is 1. The fourth-order valence-corrected chi connectivity index (χ4v) is 3.56. The van der Waals surface area contributed by atoms with Crippen LogP contribution in [0.1, 0.15) is 74.9 Å². The summed E-state index contributed by atoms with van der Waals surface area (Å²) in [6.45, 7) is 15.0. The van der Waals surface area contributed by atoms with E-state index in [0.717, 1.165) is 23.2 Å². The first kappa shape index (κ1) is 18.3. The quantitative estimate of drug-likeness (QED) is 0.844. The first-order valence-corrected chi connectivity index (χ1v) is 8.73. The topological polar surface area (TPSA) is 48.0 Å². The number of hydrogen-bond acceptors (Lipinski definition) is 1. The van der Waals surface area contributed by atoms with Crippen LogP contribution in [0.15, 0.2) is 24.3 Å². The van der Waals surface area contributed by atoms with Crippen LogP contribution in [0, 0.1) is 6.92 Å². The molecule has 0 radical (unpaired) electrons. The SMILES string of the molecule is CCc1c(-c2ccc(C(C)(C)C)cc2)c(C(N)=O)c(C)n1C(C)C. The van der Waals surface area contributed by atoms with E-state index in [0.29, 0.717) is 11.6 Å². The summed E-state index contributed by atoms with van der Waals surface area (Å²) in [6, 6.07) is 8.83. The van der Waals surface area contributed by atoms with Crippen molar-refractivity contribution in [1.82, 2.24) is 4.57 Å². The van der Waals surface area contributed by atoms with Gasteiger partial charge in [0.2, 0.25) is 0 Å². The lowest BCUT2D eigenvalue weighted by atomic mass is 9.86. The number of primary amides is 1. The maximum absolute atomic E-state index is 12.2. The molecule has 3 heteroatoms. The van der Waals surface area contributed by atoms with Crippen molar-refractivity contribution in [2.75, 3.05) is 0 Å². The van der Waals surface area contributed by atoms with Crippen LogP contribution in [0.4, 0.5) is 0 Å². The molecular formula is C21H30N2O. The van der Waals surface area contributed by atoms with Crippen molar-refractivity contribution >= 4 is 5.91 Å². The Morgan fingerprint density at radius 2 is 1.71 bits per heavy atom. The van der Waals surface area contributed by atoms with Crippen molar-refractivity contribution in [3.63, 3.8) is 0 Å². The molecule has 1 aromatic heterocycles. The highest BCUT2D eigenvalue weighted by molar-refractivity contribution is 6.02. The lowest BCUT2D eigenvalue weighted by Crippen LogP contribution is -2.14. The van der Waals surface area contributed by atoms with Gasteiger partial charge in [0.15, 0.2) is 0 Å². The van der Waals surface area contributed by atoms with E-state index in [2.05, 4.69) is 70.4 Å². The molecule has 0 aliphatic carbocycles. The molecule has 0 aliphatic rings. The van der Waals surface area contributed by atoms with E-state index in [1.807, 2.05) is 6.92 Å². The third kappa shape index (κ3) is 3.12. The molecule has 0 unspecified atom stereocenters. The highest BCUT2D eigenvalue weighted by atomic mass is 16.1. The molecule has 0 bridgehead atoms. The fourth-order valence-electron chi connectivity index (χ4n) is 3.56. The van der Waals surface area contributed by atoms with Crippen LogP contribution < -0.4 is 5.73 Å². The highest BCUT2D eigenvalue weighted by Gasteiger charge is 2.25. The van der Waals surface area contributed by atoms with E-state index in [9.17, 15) is 4.79 Å². The van der Waals surface area contributed by atoms with Gasteiger partial charge in [-0.15, -0.1) is 0 Å². The van der Waals surface area contributed by atoms with Gasteiger partial charge in [0.05, 0.1) is 5.56 Å². The van der Waals surface area contributed by atoms with Gasteiger partial charge in [0.25, 0.3) is 5.91 Å². The molecule has 2 rings (SSSR count). The first-order chi connectivity index (χ1) is 11.1. The Hall–Kier alpha value is -2.03. The standard InChI is InChI=1S/C21H30N2O/c1-8-17-19(15-9-11-16(12-10-15)21(5,6)7)18(20(22)24)14(4)23(17)13(2)3/h9-13H,8H2,1-7H3,(H2,22,24).